The first-order valence-electron chi connectivity index (χ1n) is 4.93. The van der Waals surface area contributed by atoms with E-state index in [9.17, 15) is 0 Å². The lowest BCUT2D eigenvalue weighted by Gasteiger charge is -2.13. The monoisotopic (exact) mass is 247 g/mol. The maximum Gasteiger partial charge on any atom is 0.148 e. The van der Waals surface area contributed by atoms with Crippen molar-refractivity contribution < 1.29 is 0 Å². The molecule has 0 aliphatic heterocycles. The summed E-state index contributed by atoms with van der Waals surface area (Å²) in [5.74, 6) is 1.23. The van der Waals surface area contributed by atoms with Crippen molar-refractivity contribution in [3.8, 4) is 0 Å². The summed E-state index contributed by atoms with van der Waals surface area (Å²) in [5.41, 5.74) is 0. The Labute approximate surface area is 100 Å². The molecule has 1 N–H and O–H groups in total. The highest BCUT2D eigenvalue weighted by atomic mass is 35.5. The highest BCUT2D eigenvalue weighted by molar-refractivity contribution is 6.32. The van der Waals surface area contributed by atoms with Crippen molar-refractivity contribution in [2.75, 3.05) is 11.9 Å². The van der Waals surface area contributed by atoms with Gasteiger partial charge in [0.2, 0.25) is 0 Å². The quantitative estimate of drug-likeness (QED) is 0.813. The fourth-order valence-electron chi connectivity index (χ4n) is 1.24. The average molecular weight is 248 g/mol. The van der Waals surface area contributed by atoms with Gasteiger partial charge in [-0.2, -0.15) is 0 Å². The highest BCUT2D eigenvalue weighted by Crippen LogP contribution is 2.17. The number of hydrogen-bond acceptors (Lipinski definition) is 3. The van der Waals surface area contributed by atoms with Gasteiger partial charge in [0.25, 0.3) is 0 Å². The first-order chi connectivity index (χ1) is 7.09. The van der Waals surface area contributed by atoms with Crippen LogP contribution >= 0.6 is 23.2 Å². The van der Waals surface area contributed by atoms with Crippen LogP contribution in [0.2, 0.25) is 5.02 Å². The minimum absolute atomic E-state index is 0.0935. The van der Waals surface area contributed by atoms with E-state index in [1.807, 2.05) is 0 Å². The molecule has 0 saturated heterocycles. The molecule has 3 nitrogen and oxygen atoms in total. The number of nitrogens with zero attached hydrogens (tertiary/aromatic N) is 2. The molecule has 1 rings (SSSR count). The minimum Gasteiger partial charge on any atom is -0.367 e. The van der Waals surface area contributed by atoms with E-state index in [-0.39, 0.29) is 5.38 Å². The van der Waals surface area contributed by atoms with Crippen LogP contribution in [0.3, 0.4) is 0 Å². The first-order valence-corrected chi connectivity index (χ1v) is 5.74. The molecular formula is C10H15Cl2N3. The predicted octanol–water partition coefficient (Wildman–Crippen LogP) is 3.20. The average Bonchev–Trinajstić information content (AvgIpc) is 2.15. The van der Waals surface area contributed by atoms with Crippen LogP contribution < -0.4 is 5.32 Å². The zero-order chi connectivity index (χ0) is 11.3. The molecule has 5 heteroatoms. The predicted molar refractivity (Wildman–Crippen MR) is 64.6 cm³/mol. The molecule has 0 aliphatic rings. The summed E-state index contributed by atoms with van der Waals surface area (Å²) in [4.78, 5) is 7.82. The van der Waals surface area contributed by atoms with E-state index in [0.717, 1.165) is 6.42 Å². The molecule has 84 valence electrons. The van der Waals surface area contributed by atoms with Crippen LogP contribution in [0.15, 0.2) is 12.5 Å². The van der Waals surface area contributed by atoms with E-state index in [0.29, 0.717) is 23.3 Å². The molecule has 0 spiro atoms. The maximum absolute atomic E-state index is 6.13. The van der Waals surface area contributed by atoms with Crippen molar-refractivity contribution in [2.45, 2.75) is 25.6 Å². The summed E-state index contributed by atoms with van der Waals surface area (Å²) in [6.45, 7) is 4.95. The largest absolute Gasteiger partial charge is 0.367 e. The van der Waals surface area contributed by atoms with Gasteiger partial charge in [0.15, 0.2) is 0 Å². The Hall–Kier alpha value is -0.540. The minimum atomic E-state index is 0.0935. The van der Waals surface area contributed by atoms with Crippen LogP contribution in [0.4, 0.5) is 5.82 Å². The van der Waals surface area contributed by atoms with Crippen molar-refractivity contribution >= 4 is 29.0 Å². The molecular weight excluding hydrogens is 233 g/mol. The summed E-state index contributed by atoms with van der Waals surface area (Å²) in [7, 11) is 0. The molecule has 1 heterocycles. The Morgan fingerprint density at radius 2 is 2.20 bits per heavy atom. The molecule has 1 aromatic heterocycles. The van der Waals surface area contributed by atoms with Crippen LogP contribution in [-0.2, 0) is 0 Å². The number of rotatable bonds is 5. The topological polar surface area (TPSA) is 37.8 Å². The molecule has 0 radical (unpaired) electrons. The molecule has 1 aromatic rings. The second-order valence-electron chi connectivity index (χ2n) is 3.83. The molecule has 0 aliphatic carbocycles. The molecule has 0 fully saturated rings. The second-order valence-corrected chi connectivity index (χ2v) is 4.85. The summed E-state index contributed by atoms with van der Waals surface area (Å²) in [5, 5.41) is 3.72. The van der Waals surface area contributed by atoms with Crippen molar-refractivity contribution in [3.05, 3.63) is 17.5 Å². The van der Waals surface area contributed by atoms with E-state index in [1.54, 1.807) is 6.20 Å². The van der Waals surface area contributed by atoms with Crippen LogP contribution in [0.1, 0.15) is 20.3 Å². The van der Waals surface area contributed by atoms with E-state index < -0.39 is 0 Å². The molecule has 0 bridgehead atoms. The van der Waals surface area contributed by atoms with Crippen LogP contribution in [0, 0.1) is 5.92 Å². The van der Waals surface area contributed by atoms with Crippen LogP contribution in [0.25, 0.3) is 0 Å². The summed E-state index contributed by atoms with van der Waals surface area (Å²) < 4.78 is 0. The molecule has 0 amide bonds. The van der Waals surface area contributed by atoms with Gasteiger partial charge in [0.05, 0.1) is 11.6 Å². The van der Waals surface area contributed by atoms with E-state index in [2.05, 4.69) is 29.1 Å². The van der Waals surface area contributed by atoms with Crippen molar-refractivity contribution in [3.63, 3.8) is 0 Å². The van der Waals surface area contributed by atoms with Crippen molar-refractivity contribution in [1.29, 1.82) is 0 Å². The molecule has 0 saturated carbocycles. The number of aromatic nitrogens is 2. The van der Waals surface area contributed by atoms with E-state index in [1.165, 1.54) is 6.33 Å². The molecule has 15 heavy (non-hydrogen) atoms. The van der Waals surface area contributed by atoms with Gasteiger partial charge in [-0.3, -0.25) is 0 Å². The van der Waals surface area contributed by atoms with Gasteiger partial charge in [-0.25, -0.2) is 9.97 Å². The number of hydrogen-bond donors (Lipinski definition) is 1. The van der Waals surface area contributed by atoms with Gasteiger partial charge in [-0.05, 0) is 12.3 Å². The molecule has 1 unspecified atom stereocenters. The zero-order valence-electron chi connectivity index (χ0n) is 8.87. The number of nitrogens with one attached hydrogen (secondary N) is 1. The Balaban J connectivity index is 2.40. The lowest BCUT2D eigenvalue weighted by Crippen LogP contribution is -2.17. The fourth-order valence-corrected chi connectivity index (χ4v) is 1.85. The molecule has 0 aromatic carbocycles. The third kappa shape index (κ3) is 4.67. The fraction of sp³-hybridized carbons (Fsp3) is 0.600. The Morgan fingerprint density at radius 1 is 1.47 bits per heavy atom. The van der Waals surface area contributed by atoms with E-state index in [4.69, 9.17) is 23.2 Å². The number of alkyl halides is 1. The van der Waals surface area contributed by atoms with Gasteiger partial charge in [-0.15, -0.1) is 11.6 Å². The van der Waals surface area contributed by atoms with Gasteiger partial charge in [-0.1, -0.05) is 25.4 Å². The Kier molecular flexibility index (Phi) is 5.12. The smallest absolute Gasteiger partial charge is 0.148 e. The lowest BCUT2D eigenvalue weighted by molar-refractivity contribution is 0.572. The summed E-state index contributed by atoms with van der Waals surface area (Å²) in [6.07, 6.45) is 3.99. The summed E-state index contributed by atoms with van der Waals surface area (Å²) >= 11 is 12.0. The molecule has 1 atom stereocenters. The Morgan fingerprint density at radius 3 is 2.80 bits per heavy atom. The van der Waals surface area contributed by atoms with Gasteiger partial charge < -0.3 is 5.32 Å². The maximum atomic E-state index is 6.13. The second kappa shape index (κ2) is 6.13. The highest BCUT2D eigenvalue weighted by Gasteiger charge is 2.08. The van der Waals surface area contributed by atoms with Crippen LogP contribution in [-0.4, -0.2) is 21.9 Å². The van der Waals surface area contributed by atoms with Crippen molar-refractivity contribution in [2.24, 2.45) is 5.92 Å². The lowest BCUT2D eigenvalue weighted by atomic mass is 10.1. The third-order valence-corrected chi connectivity index (χ3v) is 2.49. The number of halogens is 2. The van der Waals surface area contributed by atoms with Gasteiger partial charge >= 0.3 is 0 Å². The number of anilines is 1. The SMILES string of the molecule is CC(C)CC(Cl)CNc1ncncc1Cl. The van der Waals surface area contributed by atoms with Crippen LogP contribution in [0.5, 0.6) is 0 Å². The van der Waals surface area contributed by atoms with Crippen molar-refractivity contribution in [1.82, 2.24) is 9.97 Å². The Bertz CT molecular complexity index is 304. The van der Waals surface area contributed by atoms with Gasteiger partial charge in [0, 0.05) is 6.54 Å². The van der Waals surface area contributed by atoms with E-state index >= 15 is 0 Å². The third-order valence-electron chi connectivity index (χ3n) is 1.89. The first kappa shape index (κ1) is 12.5. The summed E-state index contributed by atoms with van der Waals surface area (Å²) in [6, 6.07) is 0. The zero-order valence-corrected chi connectivity index (χ0v) is 10.4. The standard InChI is InChI=1S/C10H15Cl2N3/c1-7(2)3-8(11)4-14-10-9(12)5-13-6-15-10/h5-8H,3-4H2,1-2H3,(H,13,14,15). The normalized spacial score (nSPS) is 12.9. The van der Waals surface area contributed by atoms with Gasteiger partial charge in [0.1, 0.15) is 17.2 Å².